The summed E-state index contributed by atoms with van der Waals surface area (Å²) in [6, 6.07) is 11.7. The Morgan fingerprint density at radius 1 is 1.14 bits per heavy atom. The second kappa shape index (κ2) is 8.11. The van der Waals surface area contributed by atoms with Crippen molar-refractivity contribution in [3.63, 3.8) is 0 Å². The van der Waals surface area contributed by atoms with Crippen molar-refractivity contribution in [3.8, 4) is 0 Å². The summed E-state index contributed by atoms with van der Waals surface area (Å²) >= 11 is 3.29. The number of rotatable bonds is 6. The Kier molecular flexibility index (Phi) is 5.80. The van der Waals surface area contributed by atoms with Crippen LogP contribution < -0.4 is 10.0 Å². The SMILES string of the molecule is CC(=O)Nc1ccc(S(=O)(=O)Nc2nn(Cc3ccc(F)cc3)cc2Br)cc1. The Labute approximate surface area is 169 Å². The normalized spacial score (nSPS) is 11.2. The van der Waals surface area contributed by atoms with E-state index in [2.05, 4.69) is 31.1 Å². The minimum atomic E-state index is -3.86. The zero-order valence-corrected chi connectivity index (χ0v) is 17.1. The van der Waals surface area contributed by atoms with Gasteiger partial charge in [-0.05, 0) is 57.9 Å². The summed E-state index contributed by atoms with van der Waals surface area (Å²) in [4.78, 5) is 11.1. The van der Waals surface area contributed by atoms with Gasteiger partial charge >= 0.3 is 0 Å². The van der Waals surface area contributed by atoms with E-state index in [1.165, 1.54) is 48.0 Å². The van der Waals surface area contributed by atoms with Gasteiger partial charge in [-0.2, -0.15) is 5.10 Å². The molecule has 0 bridgehead atoms. The van der Waals surface area contributed by atoms with Crippen molar-refractivity contribution >= 4 is 43.4 Å². The zero-order chi connectivity index (χ0) is 20.3. The van der Waals surface area contributed by atoms with E-state index in [1.807, 2.05) is 0 Å². The topological polar surface area (TPSA) is 93.1 Å². The number of amides is 1. The van der Waals surface area contributed by atoms with Crippen molar-refractivity contribution in [3.05, 3.63) is 70.6 Å². The number of carbonyl (C=O) groups excluding carboxylic acids is 1. The van der Waals surface area contributed by atoms with Crippen LogP contribution in [0.2, 0.25) is 0 Å². The van der Waals surface area contributed by atoms with Crippen molar-refractivity contribution < 1.29 is 17.6 Å². The van der Waals surface area contributed by atoms with Gasteiger partial charge < -0.3 is 5.32 Å². The number of benzene rings is 2. The van der Waals surface area contributed by atoms with Crippen LogP contribution in [0.4, 0.5) is 15.9 Å². The monoisotopic (exact) mass is 466 g/mol. The second-order valence-electron chi connectivity index (χ2n) is 5.96. The predicted octanol–water partition coefficient (Wildman–Crippen LogP) is 3.59. The first-order valence-corrected chi connectivity index (χ1v) is 10.4. The quantitative estimate of drug-likeness (QED) is 0.580. The molecule has 0 saturated heterocycles. The highest BCUT2D eigenvalue weighted by Gasteiger charge is 2.18. The molecular formula is C18H16BrFN4O3S. The van der Waals surface area contributed by atoms with E-state index < -0.39 is 10.0 Å². The first kappa shape index (κ1) is 20.0. The van der Waals surface area contributed by atoms with Crippen molar-refractivity contribution in [1.29, 1.82) is 0 Å². The van der Waals surface area contributed by atoms with Gasteiger partial charge in [0.1, 0.15) is 5.82 Å². The molecule has 0 saturated carbocycles. The molecule has 28 heavy (non-hydrogen) atoms. The second-order valence-corrected chi connectivity index (χ2v) is 8.50. The summed E-state index contributed by atoms with van der Waals surface area (Å²) < 4.78 is 42.6. The molecule has 1 heterocycles. The van der Waals surface area contributed by atoms with E-state index in [-0.39, 0.29) is 22.4 Å². The molecule has 3 rings (SSSR count). The predicted molar refractivity (Wildman–Crippen MR) is 107 cm³/mol. The number of halogens is 2. The highest BCUT2D eigenvalue weighted by molar-refractivity contribution is 9.10. The molecule has 1 aromatic heterocycles. The molecule has 0 aliphatic heterocycles. The molecule has 2 N–H and O–H groups in total. The lowest BCUT2D eigenvalue weighted by Gasteiger charge is -2.07. The molecule has 0 radical (unpaired) electrons. The van der Waals surface area contributed by atoms with Gasteiger partial charge in [-0.15, -0.1) is 0 Å². The van der Waals surface area contributed by atoms with E-state index in [9.17, 15) is 17.6 Å². The maximum Gasteiger partial charge on any atom is 0.263 e. The highest BCUT2D eigenvalue weighted by atomic mass is 79.9. The van der Waals surface area contributed by atoms with E-state index in [1.54, 1.807) is 18.3 Å². The summed E-state index contributed by atoms with van der Waals surface area (Å²) in [7, 11) is -3.86. The van der Waals surface area contributed by atoms with E-state index >= 15 is 0 Å². The summed E-state index contributed by atoms with van der Waals surface area (Å²) in [5.74, 6) is -0.444. The van der Waals surface area contributed by atoms with E-state index in [0.29, 0.717) is 16.7 Å². The molecular weight excluding hydrogens is 451 g/mol. The van der Waals surface area contributed by atoms with Crippen LogP contribution in [-0.4, -0.2) is 24.1 Å². The Balaban J connectivity index is 1.76. The smallest absolute Gasteiger partial charge is 0.263 e. The van der Waals surface area contributed by atoms with Gasteiger partial charge in [0.25, 0.3) is 10.0 Å². The summed E-state index contributed by atoms with van der Waals surface area (Å²) in [6.07, 6.45) is 1.63. The molecule has 10 heteroatoms. The molecule has 1 amide bonds. The van der Waals surface area contributed by atoms with Gasteiger partial charge in [0.05, 0.1) is 15.9 Å². The summed E-state index contributed by atoms with van der Waals surface area (Å²) in [5.41, 5.74) is 1.32. The maximum atomic E-state index is 13.0. The number of sulfonamides is 1. The number of anilines is 2. The van der Waals surface area contributed by atoms with Gasteiger partial charge in [0.15, 0.2) is 5.82 Å². The third kappa shape index (κ3) is 4.96. The van der Waals surface area contributed by atoms with Crippen molar-refractivity contribution in [1.82, 2.24) is 9.78 Å². The zero-order valence-electron chi connectivity index (χ0n) is 14.7. The number of aromatic nitrogens is 2. The van der Waals surface area contributed by atoms with Gasteiger partial charge in [-0.1, -0.05) is 12.1 Å². The molecule has 0 aliphatic rings. The first-order valence-electron chi connectivity index (χ1n) is 8.11. The maximum absolute atomic E-state index is 13.0. The van der Waals surface area contributed by atoms with Crippen molar-refractivity contribution in [2.45, 2.75) is 18.4 Å². The summed E-state index contributed by atoms with van der Waals surface area (Å²) in [6.45, 7) is 1.72. The fraction of sp³-hybridized carbons (Fsp3) is 0.111. The lowest BCUT2D eigenvalue weighted by Crippen LogP contribution is -2.14. The van der Waals surface area contributed by atoms with Crippen LogP contribution in [-0.2, 0) is 21.4 Å². The van der Waals surface area contributed by atoms with Crippen LogP contribution in [0.5, 0.6) is 0 Å². The largest absolute Gasteiger partial charge is 0.326 e. The van der Waals surface area contributed by atoms with Crippen molar-refractivity contribution in [2.24, 2.45) is 0 Å². The molecule has 146 valence electrons. The third-order valence-electron chi connectivity index (χ3n) is 3.69. The minimum Gasteiger partial charge on any atom is -0.326 e. The Morgan fingerprint density at radius 3 is 2.39 bits per heavy atom. The van der Waals surface area contributed by atoms with Crippen LogP contribution in [0.25, 0.3) is 0 Å². The Hall–Kier alpha value is -2.72. The summed E-state index contributed by atoms with van der Waals surface area (Å²) in [5, 5.41) is 6.80. The molecule has 0 unspecified atom stereocenters. The Morgan fingerprint density at radius 2 is 1.79 bits per heavy atom. The number of carbonyl (C=O) groups is 1. The minimum absolute atomic E-state index is 0.0292. The van der Waals surface area contributed by atoms with Gasteiger partial charge in [-0.25, -0.2) is 12.8 Å². The van der Waals surface area contributed by atoms with Crippen LogP contribution >= 0.6 is 15.9 Å². The van der Waals surface area contributed by atoms with E-state index in [4.69, 9.17) is 0 Å². The van der Waals surface area contributed by atoms with Crippen molar-refractivity contribution in [2.75, 3.05) is 10.0 Å². The lowest BCUT2D eigenvalue weighted by molar-refractivity contribution is -0.114. The first-order chi connectivity index (χ1) is 13.2. The highest BCUT2D eigenvalue weighted by Crippen LogP contribution is 2.24. The van der Waals surface area contributed by atoms with Crippen LogP contribution in [0.1, 0.15) is 12.5 Å². The standard InChI is InChI=1S/C18H16BrFN4O3S/c1-12(25)21-15-6-8-16(9-7-15)28(26,27)23-18-17(19)11-24(22-18)10-13-2-4-14(20)5-3-13/h2-9,11H,10H2,1H3,(H,21,25)(H,22,23). The molecule has 7 nitrogen and oxygen atoms in total. The average molecular weight is 467 g/mol. The Bertz CT molecular complexity index is 1100. The molecule has 2 aromatic carbocycles. The number of nitrogens with zero attached hydrogens (tertiary/aromatic N) is 2. The molecule has 0 spiro atoms. The molecule has 0 aliphatic carbocycles. The van der Waals surface area contributed by atoms with Gasteiger partial charge in [0, 0.05) is 18.8 Å². The molecule has 0 atom stereocenters. The fourth-order valence-corrected chi connectivity index (χ4v) is 3.99. The average Bonchev–Trinajstić information content (AvgIpc) is 2.95. The molecule has 0 fully saturated rings. The lowest BCUT2D eigenvalue weighted by atomic mass is 10.2. The van der Waals surface area contributed by atoms with Gasteiger partial charge in [-0.3, -0.25) is 14.2 Å². The number of hydrogen-bond acceptors (Lipinski definition) is 4. The third-order valence-corrected chi connectivity index (χ3v) is 5.63. The number of nitrogens with one attached hydrogen (secondary N) is 2. The van der Waals surface area contributed by atoms with Crippen LogP contribution in [0.3, 0.4) is 0 Å². The van der Waals surface area contributed by atoms with Crippen LogP contribution in [0, 0.1) is 5.82 Å². The van der Waals surface area contributed by atoms with Crippen LogP contribution in [0.15, 0.2) is 64.1 Å². The van der Waals surface area contributed by atoms with E-state index in [0.717, 1.165) is 5.56 Å². The number of hydrogen-bond donors (Lipinski definition) is 2. The van der Waals surface area contributed by atoms with Gasteiger partial charge in [0.2, 0.25) is 5.91 Å². The fourth-order valence-electron chi connectivity index (χ4n) is 2.43. The molecule has 3 aromatic rings.